The second kappa shape index (κ2) is 5.70. The first-order chi connectivity index (χ1) is 8.09. The first-order valence-electron chi connectivity index (χ1n) is 7.05. The summed E-state index contributed by atoms with van der Waals surface area (Å²) in [5, 5.41) is 3.60. The van der Waals surface area contributed by atoms with E-state index in [1.807, 2.05) is 0 Å². The molecular weight excluding hydrogens is 234 g/mol. The number of hydrogen-bond donors (Lipinski definition) is 1. The Morgan fingerprint density at radius 2 is 1.88 bits per heavy atom. The van der Waals surface area contributed by atoms with E-state index in [2.05, 4.69) is 12.2 Å². The fourth-order valence-corrected chi connectivity index (χ4v) is 4.95. The van der Waals surface area contributed by atoms with Gasteiger partial charge in [0, 0.05) is 12.1 Å². The molecule has 1 N–H and O–H groups in total. The summed E-state index contributed by atoms with van der Waals surface area (Å²) in [7, 11) is -2.76. The Balaban J connectivity index is 1.84. The minimum Gasteiger partial charge on any atom is -0.310 e. The number of hydrogen-bond acceptors (Lipinski definition) is 3. The largest absolute Gasteiger partial charge is 0.310 e. The predicted molar refractivity (Wildman–Crippen MR) is 70.8 cm³/mol. The van der Waals surface area contributed by atoms with Gasteiger partial charge in [-0.25, -0.2) is 8.42 Å². The summed E-state index contributed by atoms with van der Waals surface area (Å²) in [5.41, 5.74) is 0. The van der Waals surface area contributed by atoms with Gasteiger partial charge in [-0.3, -0.25) is 0 Å². The highest BCUT2D eigenvalue weighted by Gasteiger charge is 2.28. The molecule has 2 rings (SSSR count). The van der Waals surface area contributed by atoms with Crippen molar-refractivity contribution in [3.8, 4) is 0 Å². The van der Waals surface area contributed by atoms with Gasteiger partial charge in [-0.15, -0.1) is 0 Å². The van der Waals surface area contributed by atoms with Crippen molar-refractivity contribution < 1.29 is 8.42 Å². The summed E-state index contributed by atoms with van der Waals surface area (Å²) >= 11 is 0. The summed E-state index contributed by atoms with van der Waals surface area (Å²) in [6, 6.07) is 0.779. The molecule has 17 heavy (non-hydrogen) atoms. The quantitative estimate of drug-likeness (QED) is 0.844. The molecule has 0 spiro atoms. The van der Waals surface area contributed by atoms with Crippen LogP contribution in [0.1, 0.15) is 51.9 Å². The van der Waals surface area contributed by atoms with Crippen molar-refractivity contribution in [3.05, 3.63) is 0 Å². The van der Waals surface area contributed by atoms with Gasteiger partial charge in [0.15, 0.2) is 9.84 Å². The van der Waals surface area contributed by atoms with E-state index in [1.165, 1.54) is 32.1 Å². The van der Waals surface area contributed by atoms with Gasteiger partial charge in [0.25, 0.3) is 0 Å². The van der Waals surface area contributed by atoms with E-state index in [1.54, 1.807) is 0 Å². The Kier molecular flexibility index (Phi) is 4.47. The van der Waals surface area contributed by atoms with Crippen molar-refractivity contribution >= 4 is 9.84 Å². The minimum absolute atomic E-state index is 0.217. The lowest BCUT2D eigenvalue weighted by molar-refractivity contribution is 0.261. The second-order valence-corrected chi connectivity index (χ2v) is 7.99. The Morgan fingerprint density at radius 3 is 2.59 bits per heavy atom. The molecule has 100 valence electrons. The summed E-state index contributed by atoms with van der Waals surface area (Å²) in [6.45, 7) is 2.26. The van der Waals surface area contributed by atoms with E-state index in [0.717, 1.165) is 18.8 Å². The zero-order valence-corrected chi connectivity index (χ0v) is 11.6. The van der Waals surface area contributed by atoms with E-state index < -0.39 is 9.84 Å². The summed E-state index contributed by atoms with van der Waals surface area (Å²) in [4.78, 5) is 0. The van der Waals surface area contributed by atoms with E-state index >= 15 is 0 Å². The molecular formula is C13H25NO2S. The molecule has 2 fully saturated rings. The molecule has 1 heterocycles. The molecule has 0 bridgehead atoms. The van der Waals surface area contributed by atoms with Crippen LogP contribution in [-0.2, 0) is 9.84 Å². The molecule has 0 aromatic heterocycles. The third kappa shape index (κ3) is 3.95. The van der Waals surface area contributed by atoms with Gasteiger partial charge in [-0.05, 0) is 31.6 Å². The lowest BCUT2D eigenvalue weighted by atomic mass is 9.84. The molecule has 4 heteroatoms. The first kappa shape index (κ1) is 13.3. The van der Waals surface area contributed by atoms with Crippen LogP contribution in [0.4, 0.5) is 0 Å². The summed E-state index contributed by atoms with van der Waals surface area (Å²) in [5.74, 6) is 1.61. The molecule has 1 saturated carbocycles. The van der Waals surface area contributed by atoms with Crippen LogP contribution in [-0.4, -0.2) is 32.0 Å². The van der Waals surface area contributed by atoms with Crippen LogP contribution in [0.3, 0.4) is 0 Å². The summed E-state index contributed by atoms with van der Waals surface area (Å²) in [6.07, 6.45) is 8.27. The van der Waals surface area contributed by atoms with Crippen molar-refractivity contribution in [2.45, 2.75) is 64.0 Å². The number of nitrogens with one attached hydrogen (secondary N) is 1. The van der Waals surface area contributed by atoms with Crippen LogP contribution in [0, 0.1) is 5.92 Å². The van der Waals surface area contributed by atoms with Gasteiger partial charge >= 0.3 is 0 Å². The number of rotatable bonds is 3. The SMILES string of the molecule is CCC1CCCC(NC2CCCS(=O)(=O)C2)C1. The maximum absolute atomic E-state index is 11.6. The van der Waals surface area contributed by atoms with Crippen LogP contribution >= 0.6 is 0 Å². The van der Waals surface area contributed by atoms with Crippen LogP contribution in [0.5, 0.6) is 0 Å². The Hall–Kier alpha value is -0.0900. The highest BCUT2D eigenvalue weighted by atomic mass is 32.2. The van der Waals surface area contributed by atoms with E-state index in [9.17, 15) is 8.42 Å². The standard InChI is InChI=1S/C13H25NO2S/c1-2-11-5-3-6-12(9-11)14-13-7-4-8-17(15,16)10-13/h11-14H,2-10H2,1H3. The van der Waals surface area contributed by atoms with E-state index in [4.69, 9.17) is 0 Å². The zero-order valence-electron chi connectivity index (χ0n) is 10.8. The van der Waals surface area contributed by atoms with Gasteiger partial charge in [0.2, 0.25) is 0 Å². The average molecular weight is 259 g/mol. The molecule has 0 aromatic rings. The highest BCUT2D eigenvalue weighted by Crippen LogP contribution is 2.27. The smallest absolute Gasteiger partial charge is 0.151 e. The van der Waals surface area contributed by atoms with Crippen molar-refractivity contribution in [1.29, 1.82) is 0 Å². The van der Waals surface area contributed by atoms with Gasteiger partial charge in [-0.1, -0.05) is 26.2 Å². The van der Waals surface area contributed by atoms with Gasteiger partial charge < -0.3 is 5.32 Å². The lowest BCUT2D eigenvalue weighted by Gasteiger charge is -2.33. The Bertz CT molecular complexity index is 339. The molecule has 1 saturated heterocycles. The minimum atomic E-state index is -2.76. The molecule has 3 unspecified atom stereocenters. The van der Waals surface area contributed by atoms with E-state index in [-0.39, 0.29) is 6.04 Å². The van der Waals surface area contributed by atoms with Gasteiger partial charge in [0.05, 0.1) is 11.5 Å². The highest BCUT2D eigenvalue weighted by molar-refractivity contribution is 7.91. The van der Waals surface area contributed by atoms with Crippen LogP contribution in [0.2, 0.25) is 0 Å². The van der Waals surface area contributed by atoms with Gasteiger partial charge in [-0.2, -0.15) is 0 Å². The average Bonchev–Trinajstić information content (AvgIpc) is 2.28. The normalized spacial score (nSPS) is 37.8. The first-order valence-corrected chi connectivity index (χ1v) is 8.87. The topological polar surface area (TPSA) is 46.2 Å². The molecule has 1 aliphatic heterocycles. The number of sulfone groups is 1. The second-order valence-electron chi connectivity index (χ2n) is 5.76. The van der Waals surface area contributed by atoms with Crippen LogP contribution in [0.25, 0.3) is 0 Å². The van der Waals surface area contributed by atoms with Crippen molar-refractivity contribution in [3.63, 3.8) is 0 Å². The fourth-order valence-electron chi connectivity index (χ4n) is 3.30. The molecule has 3 nitrogen and oxygen atoms in total. The predicted octanol–water partition coefficient (Wildman–Crippen LogP) is 2.12. The van der Waals surface area contributed by atoms with E-state index in [0.29, 0.717) is 17.5 Å². The molecule has 0 radical (unpaired) electrons. The maximum Gasteiger partial charge on any atom is 0.151 e. The van der Waals surface area contributed by atoms with Crippen molar-refractivity contribution in [2.75, 3.05) is 11.5 Å². The fraction of sp³-hybridized carbons (Fsp3) is 1.00. The van der Waals surface area contributed by atoms with Crippen LogP contribution < -0.4 is 5.32 Å². The zero-order chi connectivity index (χ0) is 12.3. The van der Waals surface area contributed by atoms with Crippen LogP contribution in [0.15, 0.2) is 0 Å². The summed E-state index contributed by atoms with van der Waals surface area (Å²) < 4.78 is 23.2. The third-order valence-corrected chi connectivity index (χ3v) is 6.12. The van der Waals surface area contributed by atoms with Gasteiger partial charge in [0.1, 0.15) is 0 Å². The lowest BCUT2D eigenvalue weighted by Crippen LogP contribution is -2.46. The molecule has 3 atom stereocenters. The van der Waals surface area contributed by atoms with Crippen molar-refractivity contribution in [1.82, 2.24) is 5.32 Å². The molecule has 1 aliphatic carbocycles. The Labute approximate surface area is 105 Å². The molecule has 0 amide bonds. The molecule has 2 aliphatic rings. The monoisotopic (exact) mass is 259 g/mol. The third-order valence-electron chi connectivity index (χ3n) is 4.29. The molecule has 0 aromatic carbocycles. The van der Waals surface area contributed by atoms with Crippen molar-refractivity contribution in [2.24, 2.45) is 5.92 Å². The Morgan fingerprint density at radius 1 is 1.12 bits per heavy atom. The maximum atomic E-state index is 11.6.